The van der Waals surface area contributed by atoms with Crippen LogP contribution in [-0.4, -0.2) is 48.0 Å². The summed E-state index contributed by atoms with van der Waals surface area (Å²) in [5.74, 6) is 0.867. The lowest BCUT2D eigenvalue weighted by atomic mass is 9.65. The zero-order valence-corrected chi connectivity index (χ0v) is 19.1. The van der Waals surface area contributed by atoms with Gasteiger partial charge in [-0.1, -0.05) is 73.7 Å². The van der Waals surface area contributed by atoms with Crippen molar-refractivity contribution in [3.05, 3.63) is 35.9 Å². The molecule has 25 heavy (non-hydrogen) atoms. The minimum Gasteiger partial charge on any atom is -0.304 e. The quantitative estimate of drug-likeness (QED) is 0.433. The monoisotopic (exact) mass is 456 g/mol. The van der Waals surface area contributed by atoms with Gasteiger partial charge in [-0.05, 0) is 54.6 Å². The fourth-order valence-electron chi connectivity index (χ4n) is 4.73. The molecule has 2 aliphatic rings. The van der Waals surface area contributed by atoms with E-state index in [1.807, 2.05) is 4.93 Å². The summed E-state index contributed by atoms with van der Waals surface area (Å²) in [5.41, 5.74) is 2.28. The van der Waals surface area contributed by atoms with E-state index in [-0.39, 0.29) is 5.54 Å². The fourth-order valence-corrected chi connectivity index (χ4v) is 4.73. The summed E-state index contributed by atoms with van der Waals surface area (Å²) in [4.78, 5) is 7.24. The lowest BCUT2D eigenvalue weighted by Crippen LogP contribution is -2.56. The second kappa shape index (κ2) is 9.18. The van der Waals surface area contributed by atoms with Crippen LogP contribution in [0.15, 0.2) is 30.3 Å². The molecule has 0 radical (unpaired) electrons. The molecular formula is C22H37IN2. The number of benzene rings is 1. The highest BCUT2D eigenvalue weighted by Crippen LogP contribution is 2.48. The van der Waals surface area contributed by atoms with Gasteiger partial charge in [-0.25, -0.2) is 0 Å². The highest BCUT2D eigenvalue weighted by atomic mass is 127. The van der Waals surface area contributed by atoms with Crippen molar-refractivity contribution in [1.82, 2.24) is 9.80 Å². The Morgan fingerprint density at radius 3 is 1.92 bits per heavy atom. The van der Waals surface area contributed by atoms with Gasteiger partial charge in [0.1, 0.15) is 0 Å². The van der Waals surface area contributed by atoms with Crippen molar-refractivity contribution < 1.29 is 0 Å². The van der Waals surface area contributed by atoms with Crippen LogP contribution in [0, 0.1) is 11.3 Å². The Balaban J connectivity index is 0.00000109. The number of alkyl halides is 1. The Labute approximate surface area is 169 Å². The predicted molar refractivity (Wildman–Crippen MR) is 119 cm³/mol. The van der Waals surface area contributed by atoms with Gasteiger partial charge in [-0.2, -0.15) is 0 Å². The zero-order valence-electron chi connectivity index (χ0n) is 16.9. The molecule has 0 amide bonds. The van der Waals surface area contributed by atoms with Crippen LogP contribution in [0.3, 0.4) is 0 Å². The average Bonchev–Trinajstić information content (AvgIpc) is 2.64. The molecule has 0 unspecified atom stereocenters. The van der Waals surface area contributed by atoms with Gasteiger partial charge in [0.05, 0.1) is 0 Å². The largest absolute Gasteiger partial charge is 0.304 e. The molecule has 1 heterocycles. The Morgan fingerprint density at radius 1 is 0.920 bits per heavy atom. The van der Waals surface area contributed by atoms with Gasteiger partial charge in [0.25, 0.3) is 0 Å². The van der Waals surface area contributed by atoms with Gasteiger partial charge < -0.3 is 4.90 Å². The number of hydrogen-bond acceptors (Lipinski definition) is 2. The van der Waals surface area contributed by atoms with E-state index < -0.39 is 0 Å². The first-order chi connectivity index (χ1) is 11.9. The van der Waals surface area contributed by atoms with E-state index in [9.17, 15) is 0 Å². The summed E-state index contributed by atoms with van der Waals surface area (Å²) in [6.45, 7) is 12.1. The molecule has 1 aromatic carbocycles. The average molecular weight is 456 g/mol. The fraction of sp³-hybridized carbons (Fsp3) is 0.727. The van der Waals surface area contributed by atoms with E-state index in [1.54, 1.807) is 5.56 Å². The molecule has 1 saturated carbocycles. The Hall–Kier alpha value is -0.130. The van der Waals surface area contributed by atoms with Crippen LogP contribution in [0.4, 0.5) is 0 Å². The van der Waals surface area contributed by atoms with E-state index in [1.165, 1.54) is 51.9 Å². The Bertz CT molecular complexity index is 493. The molecule has 0 bridgehead atoms. The third-order valence-corrected chi connectivity index (χ3v) is 6.46. The molecule has 1 aromatic rings. The summed E-state index contributed by atoms with van der Waals surface area (Å²) in [5, 5.41) is 0. The van der Waals surface area contributed by atoms with Crippen LogP contribution in [0.2, 0.25) is 0 Å². The lowest BCUT2D eigenvalue weighted by Gasteiger charge is -2.52. The van der Waals surface area contributed by atoms with Crippen LogP contribution in [0.25, 0.3) is 0 Å². The summed E-state index contributed by atoms with van der Waals surface area (Å²) < 4.78 is 0. The molecule has 2 nitrogen and oxygen atoms in total. The van der Waals surface area contributed by atoms with Crippen molar-refractivity contribution >= 4 is 22.6 Å². The SMILES string of the molecule is CI.CN1CCN(C2(c3ccccc3)CCC(C(C)(C)C)CC2)CC1. The van der Waals surface area contributed by atoms with E-state index >= 15 is 0 Å². The third kappa shape index (κ3) is 4.98. The maximum atomic E-state index is 2.81. The first kappa shape index (κ1) is 21.2. The number of nitrogens with zero attached hydrogens (tertiary/aromatic N) is 2. The second-order valence-corrected chi connectivity index (χ2v) is 8.83. The van der Waals surface area contributed by atoms with E-state index in [2.05, 4.69) is 90.5 Å². The zero-order chi connectivity index (χ0) is 18.5. The second-order valence-electron chi connectivity index (χ2n) is 8.83. The molecule has 2 fully saturated rings. The molecule has 3 heteroatoms. The number of hydrogen-bond donors (Lipinski definition) is 0. The number of likely N-dealkylation sites (N-methyl/N-ethyl adjacent to an activating group) is 1. The van der Waals surface area contributed by atoms with Gasteiger partial charge in [0, 0.05) is 31.7 Å². The minimum absolute atomic E-state index is 0.282. The van der Waals surface area contributed by atoms with E-state index in [4.69, 9.17) is 0 Å². The number of rotatable bonds is 2. The van der Waals surface area contributed by atoms with E-state index in [0.29, 0.717) is 5.41 Å². The summed E-state index contributed by atoms with van der Waals surface area (Å²) >= 11 is 2.15. The first-order valence-electron chi connectivity index (χ1n) is 9.79. The highest BCUT2D eigenvalue weighted by Gasteiger charge is 2.44. The third-order valence-electron chi connectivity index (χ3n) is 6.46. The van der Waals surface area contributed by atoms with Crippen molar-refractivity contribution in [3.8, 4) is 0 Å². The van der Waals surface area contributed by atoms with Gasteiger partial charge in [-0.15, -0.1) is 0 Å². The molecule has 0 spiro atoms. The number of piperazine rings is 1. The van der Waals surface area contributed by atoms with Crippen molar-refractivity contribution in [2.75, 3.05) is 38.2 Å². The maximum Gasteiger partial charge on any atom is 0.0461 e. The summed E-state index contributed by atoms with van der Waals surface area (Å²) in [6, 6.07) is 11.3. The smallest absolute Gasteiger partial charge is 0.0461 e. The van der Waals surface area contributed by atoms with Crippen LogP contribution >= 0.6 is 22.6 Å². The van der Waals surface area contributed by atoms with Crippen molar-refractivity contribution in [1.29, 1.82) is 0 Å². The molecule has 1 aliphatic carbocycles. The van der Waals surface area contributed by atoms with Crippen LogP contribution in [0.5, 0.6) is 0 Å². The molecule has 0 aromatic heterocycles. The standard InChI is InChI=1S/C21H34N2.CH3I/c1-20(2,3)18-10-12-21(13-11-18,19-8-6-5-7-9-19)23-16-14-22(4)15-17-23;1-2/h5-9,18H,10-17H2,1-4H3;1H3. The van der Waals surface area contributed by atoms with Gasteiger partial charge in [0.15, 0.2) is 0 Å². The Kier molecular flexibility index (Phi) is 7.78. The molecule has 1 saturated heterocycles. The molecule has 3 rings (SSSR count). The van der Waals surface area contributed by atoms with Crippen LogP contribution < -0.4 is 0 Å². The first-order valence-corrected chi connectivity index (χ1v) is 11.9. The molecule has 0 atom stereocenters. The molecule has 0 N–H and O–H groups in total. The minimum atomic E-state index is 0.282. The van der Waals surface area contributed by atoms with Crippen LogP contribution in [-0.2, 0) is 5.54 Å². The summed E-state index contributed by atoms with van der Waals surface area (Å²) in [7, 11) is 2.25. The van der Waals surface area contributed by atoms with Gasteiger partial charge in [0.2, 0.25) is 0 Å². The Morgan fingerprint density at radius 2 is 1.44 bits per heavy atom. The highest BCUT2D eigenvalue weighted by molar-refractivity contribution is 14.1. The lowest BCUT2D eigenvalue weighted by molar-refractivity contribution is -0.0136. The van der Waals surface area contributed by atoms with Crippen molar-refractivity contribution in [3.63, 3.8) is 0 Å². The summed E-state index contributed by atoms with van der Waals surface area (Å²) in [6.07, 6.45) is 5.38. The van der Waals surface area contributed by atoms with Crippen molar-refractivity contribution in [2.45, 2.75) is 52.0 Å². The van der Waals surface area contributed by atoms with E-state index in [0.717, 1.165) is 5.92 Å². The van der Waals surface area contributed by atoms with Gasteiger partial charge in [-0.3, -0.25) is 4.90 Å². The predicted octanol–water partition coefficient (Wildman–Crippen LogP) is 5.42. The maximum absolute atomic E-state index is 2.81. The normalized spacial score (nSPS) is 29.0. The molecular weight excluding hydrogens is 419 g/mol. The van der Waals surface area contributed by atoms with Crippen molar-refractivity contribution in [2.24, 2.45) is 11.3 Å². The van der Waals surface area contributed by atoms with Gasteiger partial charge >= 0.3 is 0 Å². The number of halogens is 1. The topological polar surface area (TPSA) is 6.48 Å². The molecule has 142 valence electrons. The van der Waals surface area contributed by atoms with Crippen LogP contribution in [0.1, 0.15) is 52.0 Å². The molecule has 1 aliphatic heterocycles.